The van der Waals surface area contributed by atoms with Crippen molar-refractivity contribution in [1.29, 1.82) is 0 Å². The Morgan fingerprint density at radius 1 is 1.07 bits per heavy atom. The Morgan fingerprint density at radius 3 is 2.52 bits per heavy atom. The molecule has 140 valence electrons. The molecule has 0 radical (unpaired) electrons. The van der Waals surface area contributed by atoms with Gasteiger partial charge in [0.1, 0.15) is 11.2 Å². The lowest BCUT2D eigenvalue weighted by molar-refractivity contribution is -0.146. The molecule has 27 heavy (non-hydrogen) atoms. The van der Waals surface area contributed by atoms with Crippen molar-refractivity contribution < 1.29 is 9.59 Å². The van der Waals surface area contributed by atoms with Crippen LogP contribution in [0.15, 0.2) is 48.7 Å². The maximum Gasteiger partial charge on any atom is 0.273 e. The number of rotatable bonds is 3. The monoisotopic (exact) mass is 383 g/mol. The molecule has 0 aliphatic carbocycles. The number of benzene rings is 1. The summed E-state index contributed by atoms with van der Waals surface area (Å²) in [7, 11) is 0. The van der Waals surface area contributed by atoms with Crippen LogP contribution in [0, 0.1) is 0 Å². The van der Waals surface area contributed by atoms with Crippen LogP contribution in [0.25, 0.3) is 0 Å². The van der Waals surface area contributed by atoms with Gasteiger partial charge in [-0.05, 0) is 43.4 Å². The molecule has 6 heteroatoms. The highest BCUT2D eigenvalue weighted by atomic mass is 35.5. The van der Waals surface area contributed by atoms with Gasteiger partial charge in [0.25, 0.3) is 5.91 Å². The van der Waals surface area contributed by atoms with Crippen molar-refractivity contribution >= 4 is 23.4 Å². The van der Waals surface area contributed by atoms with Crippen molar-refractivity contribution in [2.24, 2.45) is 0 Å². The molecular formula is C21H22ClN3O2. The van der Waals surface area contributed by atoms with E-state index in [2.05, 4.69) is 4.98 Å². The van der Waals surface area contributed by atoms with E-state index in [0.29, 0.717) is 23.8 Å². The highest BCUT2D eigenvalue weighted by Gasteiger charge is 2.52. The van der Waals surface area contributed by atoms with Gasteiger partial charge in [-0.3, -0.25) is 9.59 Å². The minimum absolute atomic E-state index is 0.0671. The third kappa shape index (κ3) is 3.32. The number of piperidine rings is 1. The molecule has 2 aliphatic heterocycles. The van der Waals surface area contributed by atoms with Gasteiger partial charge in [-0.2, -0.15) is 0 Å². The first kappa shape index (κ1) is 18.0. The molecule has 2 amide bonds. The number of pyridine rings is 1. The van der Waals surface area contributed by atoms with Crippen LogP contribution in [-0.4, -0.2) is 45.2 Å². The van der Waals surface area contributed by atoms with Crippen molar-refractivity contribution in [2.45, 2.75) is 37.8 Å². The largest absolute Gasteiger partial charge is 0.336 e. The topological polar surface area (TPSA) is 53.5 Å². The summed E-state index contributed by atoms with van der Waals surface area (Å²) in [5, 5.41) is 0.491. The molecule has 0 bridgehead atoms. The first-order chi connectivity index (χ1) is 13.1. The lowest BCUT2D eigenvalue weighted by Gasteiger charge is -2.44. The number of aromatic nitrogens is 1. The first-order valence-corrected chi connectivity index (χ1v) is 9.75. The van der Waals surface area contributed by atoms with Crippen molar-refractivity contribution in [2.75, 3.05) is 13.1 Å². The second-order valence-electron chi connectivity index (χ2n) is 7.27. The molecule has 2 aromatic rings. The van der Waals surface area contributed by atoms with Crippen LogP contribution >= 0.6 is 11.6 Å². The van der Waals surface area contributed by atoms with Crippen LogP contribution in [0.2, 0.25) is 5.02 Å². The van der Waals surface area contributed by atoms with Gasteiger partial charge in [0, 0.05) is 25.8 Å². The fourth-order valence-corrected chi connectivity index (χ4v) is 4.43. The molecule has 1 aromatic carbocycles. The normalized spacial score (nSPS) is 22.5. The molecule has 2 aliphatic rings. The van der Waals surface area contributed by atoms with Gasteiger partial charge in [0.2, 0.25) is 5.91 Å². The van der Waals surface area contributed by atoms with Crippen LogP contribution in [0.4, 0.5) is 0 Å². The number of likely N-dealkylation sites (tertiary alicyclic amines) is 2. The summed E-state index contributed by atoms with van der Waals surface area (Å²) in [4.78, 5) is 34.4. The number of hydrogen-bond acceptors (Lipinski definition) is 3. The van der Waals surface area contributed by atoms with E-state index in [1.165, 1.54) is 6.20 Å². The highest BCUT2D eigenvalue weighted by Crippen LogP contribution is 2.39. The van der Waals surface area contributed by atoms with Crippen molar-refractivity contribution in [3.05, 3.63) is 64.9 Å². The van der Waals surface area contributed by atoms with Crippen molar-refractivity contribution in [3.8, 4) is 0 Å². The molecular weight excluding hydrogens is 362 g/mol. The zero-order valence-electron chi connectivity index (χ0n) is 15.1. The number of halogens is 1. The van der Waals surface area contributed by atoms with Crippen molar-refractivity contribution in [3.63, 3.8) is 0 Å². The third-order valence-corrected chi connectivity index (χ3v) is 5.82. The molecule has 2 saturated heterocycles. The molecule has 0 saturated carbocycles. The van der Waals surface area contributed by atoms with E-state index in [1.54, 1.807) is 17.0 Å². The fraction of sp³-hybridized carbons (Fsp3) is 0.381. The first-order valence-electron chi connectivity index (χ1n) is 9.37. The van der Waals surface area contributed by atoms with Crippen LogP contribution < -0.4 is 0 Å². The molecule has 1 atom stereocenters. The number of carbonyl (C=O) groups is 2. The van der Waals surface area contributed by atoms with Gasteiger partial charge >= 0.3 is 0 Å². The van der Waals surface area contributed by atoms with Gasteiger partial charge in [-0.25, -0.2) is 4.98 Å². The average molecular weight is 384 g/mol. The summed E-state index contributed by atoms with van der Waals surface area (Å²) in [6.45, 7) is 1.91. The van der Waals surface area contributed by atoms with E-state index in [9.17, 15) is 9.59 Å². The predicted molar refractivity (Wildman–Crippen MR) is 103 cm³/mol. The summed E-state index contributed by atoms with van der Waals surface area (Å²) in [5.74, 6) is -0.114. The number of carbonyl (C=O) groups excluding carboxylic acids is 2. The molecule has 4 rings (SSSR count). The average Bonchev–Trinajstić information content (AvgIpc) is 3.11. The fourth-order valence-electron chi connectivity index (χ4n) is 4.32. The van der Waals surface area contributed by atoms with Gasteiger partial charge in [-0.1, -0.05) is 41.9 Å². The molecule has 1 aromatic heterocycles. The van der Waals surface area contributed by atoms with Crippen LogP contribution in [0.5, 0.6) is 0 Å². The Bertz CT molecular complexity index is 840. The SMILES string of the molecule is O=C(c1ccc(Cl)cn1)N1CCCC12CCCN(Cc1ccccc1)C2=O. The highest BCUT2D eigenvalue weighted by molar-refractivity contribution is 6.30. The minimum Gasteiger partial charge on any atom is -0.336 e. The Kier molecular flexibility index (Phi) is 4.87. The van der Waals surface area contributed by atoms with Gasteiger partial charge in [0.05, 0.1) is 5.02 Å². The van der Waals surface area contributed by atoms with E-state index < -0.39 is 5.54 Å². The summed E-state index contributed by atoms with van der Waals surface area (Å²) >= 11 is 5.89. The molecule has 3 heterocycles. The van der Waals surface area contributed by atoms with Gasteiger partial charge in [0.15, 0.2) is 0 Å². The smallest absolute Gasteiger partial charge is 0.273 e. The van der Waals surface area contributed by atoms with Crippen LogP contribution in [-0.2, 0) is 11.3 Å². The van der Waals surface area contributed by atoms with Crippen LogP contribution in [0.1, 0.15) is 41.7 Å². The molecule has 1 spiro atoms. The molecule has 1 unspecified atom stereocenters. The van der Waals surface area contributed by atoms with E-state index in [0.717, 1.165) is 37.8 Å². The van der Waals surface area contributed by atoms with Crippen LogP contribution in [0.3, 0.4) is 0 Å². The molecule has 0 N–H and O–H groups in total. The lowest BCUT2D eigenvalue weighted by atomic mass is 9.85. The minimum atomic E-state index is -0.731. The predicted octanol–water partition coefficient (Wildman–Crippen LogP) is 3.53. The quantitative estimate of drug-likeness (QED) is 0.814. The molecule has 2 fully saturated rings. The van der Waals surface area contributed by atoms with E-state index in [-0.39, 0.29) is 11.8 Å². The van der Waals surface area contributed by atoms with Gasteiger partial charge in [-0.15, -0.1) is 0 Å². The summed E-state index contributed by atoms with van der Waals surface area (Å²) in [6.07, 6.45) is 4.65. The summed E-state index contributed by atoms with van der Waals surface area (Å²) in [5.41, 5.74) is 0.720. The third-order valence-electron chi connectivity index (χ3n) is 5.60. The Morgan fingerprint density at radius 2 is 1.81 bits per heavy atom. The Labute approximate surface area is 163 Å². The second-order valence-corrected chi connectivity index (χ2v) is 7.71. The van der Waals surface area contributed by atoms with E-state index in [4.69, 9.17) is 11.6 Å². The number of hydrogen-bond donors (Lipinski definition) is 0. The zero-order chi connectivity index (χ0) is 18.9. The van der Waals surface area contributed by atoms with E-state index in [1.807, 2.05) is 35.2 Å². The lowest BCUT2D eigenvalue weighted by Crippen LogP contribution is -2.61. The second kappa shape index (κ2) is 7.31. The summed E-state index contributed by atoms with van der Waals surface area (Å²) < 4.78 is 0. The maximum absolute atomic E-state index is 13.4. The van der Waals surface area contributed by atoms with Crippen molar-refractivity contribution in [1.82, 2.24) is 14.8 Å². The standard InChI is InChI=1S/C21H22ClN3O2/c22-17-8-9-18(23-14-17)19(26)25-13-5-11-21(25)10-4-12-24(20(21)27)15-16-6-2-1-3-7-16/h1-3,6-9,14H,4-5,10-13,15H2. The molecule has 5 nitrogen and oxygen atoms in total. The summed E-state index contributed by atoms with van der Waals surface area (Å²) in [6, 6.07) is 13.3. The maximum atomic E-state index is 13.4. The number of amides is 2. The Hall–Kier alpha value is -2.40. The Balaban J connectivity index is 1.59. The zero-order valence-corrected chi connectivity index (χ0v) is 15.9. The van der Waals surface area contributed by atoms with E-state index >= 15 is 0 Å². The number of nitrogens with zero attached hydrogens (tertiary/aromatic N) is 3. The van der Waals surface area contributed by atoms with Gasteiger partial charge < -0.3 is 9.80 Å².